The van der Waals surface area contributed by atoms with Gasteiger partial charge in [-0.1, -0.05) is 6.07 Å². The highest BCUT2D eigenvalue weighted by molar-refractivity contribution is 5.83. The van der Waals surface area contributed by atoms with Crippen molar-refractivity contribution in [2.75, 3.05) is 26.6 Å². The van der Waals surface area contributed by atoms with Gasteiger partial charge in [0.2, 0.25) is 17.1 Å². The molecule has 0 radical (unpaired) electrons. The molecule has 1 aliphatic heterocycles. The van der Waals surface area contributed by atoms with E-state index >= 15 is 0 Å². The molecular formula is C30H42N3O5+. The van der Waals surface area contributed by atoms with Gasteiger partial charge in [0, 0.05) is 31.4 Å². The van der Waals surface area contributed by atoms with E-state index in [0.29, 0.717) is 35.8 Å². The number of piperidine rings is 1. The SMILES string of the molecule is COc1cc2c(c(OC)c1OC)-c1ccc(NC3CC(C)(C)[NH2+]C(C)(C)C3)c(=O)cc1[C@@H](NC(C)=O)CC2. The second-order valence-corrected chi connectivity index (χ2v) is 12.0. The quantitative estimate of drug-likeness (QED) is 0.534. The van der Waals surface area contributed by atoms with Gasteiger partial charge >= 0.3 is 0 Å². The van der Waals surface area contributed by atoms with Crippen molar-refractivity contribution in [1.29, 1.82) is 0 Å². The first-order chi connectivity index (χ1) is 17.9. The number of anilines is 1. The molecule has 8 nitrogen and oxygen atoms in total. The Balaban J connectivity index is 1.90. The number of carbonyl (C=O) groups is 1. The van der Waals surface area contributed by atoms with Gasteiger partial charge in [-0.05, 0) is 75.4 Å². The normalized spacial score (nSPS) is 19.8. The van der Waals surface area contributed by atoms with E-state index in [-0.39, 0.29) is 34.5 Å². The van der Waals surface area contributed by atoms with E-state index < -0.39 is 0 Å². The number of hydrogen-bond acceptors (Lipinski definition) is 6. The van der Waals surface area contributed by atoms with Crippen LogP contribution in [0, 0.1) is 0 Å². The van der Waals surface area contributed by atoms with E-state index in [9.17, 15) is 9.59 Å². The zero-order valence-electron chi connectivity index (χ0n) is 23.9. The molecule has 1 fully saturated rings. The van der Waals surface area contributed by atoms with Gasteiger partial charge in [0.05, 0.1) is 44.1 Å². The number of amides is 1. The highest BCUT2D eigenvalue weighted by Crippen LogP contribution is 2.50. The number of rotatable bonds is 6. The van der Waals surface area contributed by atoms with Gasteiger partial charge in [0.1, 0.15) is 0 Å². The van der Waals surface area contributed by atoms with Crippen molar-refractivity contribution < 1.29 is 24.3 Å². The average Bonchev–Trinajstić information content (AvgIpc) is 3.05. The molecule has 8 heteroatoms. The maximum absolute atomic E-state index is 13.7. The molecule has 38 heavy (non-hydrogen) atoms. The first-order valence-electron chi connectivity index (χ1n) is 13.3. The van der Waals surface area contributed by atoms with Gasteiger partial charge in [0.25, 0.3) is 0 Å². The maximum Gasteiger partial charge on any atom is 0.217 e. The summed E-state index contributed by atoms with van der Waals surface area (Å²) in [7, 11) is 4.78. The van der Waals surface area contributed by atoms with Crippen molar-refractivity contribution in [3.63, 3.8) is 0 Å². The number of benzene rings is 1. The molecule has 1 saturated heterocycles. The van der Waals surface area contributed by atoms with E-state index in [4.69, 9.17) is 14.2 Å². The van der Waals surface area contributed by atoms with Crippen LogP contribution in [0.25, 0.3) is 11.1 Å². The number of quaternary nitrogens is 1. The Bertz CT molecular complexity index is 1270. The predicted molar refractivity (Wildman–Crippen MR) is 149 cm³/mol. The van der Waals surface area contributed by atoms with Crippen LogP contribution in [-0.2, 0) is 11.2 Å². The Morgan fingerprint density at radius 1 is 0.974 bits per heavy atom. The lowest BCUT2D eigenvalue weighted by Gasteiger charge is -2.43. The number of carbonyl (C=O) groups excluding carboxylic acids is 1. The van der Waals surface area contributed by atoms with Crippen LogP contribution in [0.2, 0.25) is 0 Å². The number of nitrogens with one attached hydrogen (secondary N) is 2. The van der Waals surface area contributed by atoms with Gasteiger partial charge < -0.3 is 30.2 Å². The largest absolute Gasteiger partial charge is 0.493 e. The van der Waals surface area contributed by atoms with E-state index in [1.54, 1.807) is 27.4 Å². The van der Waals surface area contributed by atoms with Crippen LogP contribution in [0.5, 0.6) is 17.2 Å². The maximum atomic E-state index is 13.7. The molecule has 1 atom stereocenters. The fraction of sp³-hybridized carbons (Fsp3) is 0.533. The molecule has 2 aromatic rings. The van der Waals surface area contributed by atoms with Crippen LogP contribution in [0.15, 0.2) is 29.1 Å². The van der Waals surface area contributed by atoms with Crippen molar-refractivity contribution in [3.05, 3.63) is 45.6 Å². The third-order valence-electron chi connectivity index (χ3n) is 7.60. The standard InChI is InChI=1S/C30H41N3O5/c1-17(34)31-22-11-9-18-13-25(36-6)27(37-7)28(38-8)26(18)20-10-12-23(24(35)14-21(20)22)32-19-15-29(2,3)33-30(4,5)16-19/h10,12-14,19,22,33H,9,11,15-16H2,1-8H3,(H,31,34)(H,32,35)/p+1/t22-/m0/s1. The fourth-order valence-corrected chi connectivity index (χ4v) is 6.67. The van der Waals surface area contributed by atoms with Gasteiger partial charge in [-0.25, -0.2) is 0 Å². The van der Waals surface area contributed by atoms with Gasteiger partial charge in [0.15, 0.2) is 11.5 Å². The Labute approximate surface area is 225 Å². The minimum atomic E-state index is -0.327. The van der Waals surface area contributed by atoms with E-state index in [1.807, 2.05) is 18.2 Å². The van der Waals surface area contributed by atoms with Crippen LogP contribution in [0.3, 0.4) is 0 Å². The Kier molecular flexibility index (Phi) is 7.66. The first-order valence-corrected chi connectivity index (χ1v) is 13.3. The molecule has 0 saturated carbocycles. The van der Waals surface area contributed by atoms with Crippen LogP contribution >= 0.6 is 0 Å². The van der Waals surface area contributed by atoms with Crippen molar-refractivity contribution >= 4 is 11.6 Å². The van der Waals surface area contributed by atoms with Crippen molar-refractivity contribution in [3.8, 4) is 28.4 Å². The van der Waals surface area contributed by atoms with Crippen LogP contribution in [0.4, 0.5) is 5.69 Å². The monoisotopic (exact) mass is 524 g/mol. The minimum absolute atomic E-state index is 0.0645. The Morgan fingerprint density at radius 2 is 1.63 bits per heavy atom. The van der Waals surface area contributed by atoms with E-state index in [1.165, 1.54) is 6.92 Å². The van der Waals surface area contributed by atoms with E-state index in [0.717, 1.165) is 35.1 Å². The highest BCUT2D eigenvalue weighted by Gasteiger charge is 2.41. The van der Waals surface area contributed by atoms with Crippen molar-refractivity contribution in [1.82, 2.24) is 5.32 Å². The molecule has 0 aromatic heterocycles. The summed E-state index contributed by atoms with van der Waals surface area (Å²) in [5.74, 6) is 1.47. The summed E-state index contributed by atoms with van der Waals surface area (Å²) in [6.45, 7) is 10.5. The summed E-state index contributed by atoms with van der Waals surface area (Å²) >= 11 is 0. The number of hydrogen-bond donors (Lipinski definition) is 3. The molecule has 1 amide bonds. The van der Waals surface area contributed by atoms with Crippen molar-refractivity contribution in [2.45, 2.75) is 83.5 Å². The molecule has 4 N–H and O–H groups in total. The molecule has 0 spiro atoms. The Hall–Kier alpha value is -3.26. The molecule has 0 bridgehead atoms. The Morgan fingerprint density at radius 3 is 2.21 bits per heavy atom. The lowest BCUT2D eigenvalue weighted by Crippen LogP contribution is -3.06. The molecule has 206 valence electrons. The molecule has 1 aliphatic carbocycles. The summed E-state index contributed by atoms with van der Waals surface area (Å²) < 4.78 is 17.2. The molecular weight excluding hydrogens is 482 g/mol. The minimum Gasteiger partial charge on any atom is -0.493 e. The molecule has 4 rings (SSSR count). The van der Waals surface area contributed by atoms with Gasteiger partial charge in [-0.15, -0.1) is 0 Å². The summed E-state index contributed by atoms with van der Waals surface area (Å²) in [5.41, 5.74) is 4.03. The predicted octanol–water partition coefficient (Wildman–Crippen LogP) is 3.56. The van der Waals surface area contributed by atoms with Crippen molar-refractivity contribution in [2.24, 2.45) is 0 Å². The first kappa shape index (κ1) is 27.8. The van der Waals surface area contributed by atoms with E-state index in [2.05, 4.69) is 43.6 Å². The van der Waals surface area contributed by atoms with Crippen LogP contribution in [-0.4, -0.2) is 44.4 Å². The summed E-state index contributed by atoms with van der Waals surface area (Å²) in [6.07, 6.45) is 3.18. The lowest BCUT2D eigenvalue weighted by molar-refractivity contribution is -0.787. The second-order valence-electron chi connectivity index (χ2n) is 12.0. The fourth-order valence-electron chi connectivity index (χ4n) is 6.67. The summed E-state index contributed by atoms with van der Waals surface area (Å²) in [6, 6.07) is 7.31. The molecule has 2 aromatic carbocycles. The van der Waals surface area contributed by atoms with Gasteiger partial charge in [-0.2, -0.15) is 0 Å². The topological polar surface area (TPSA) is 102 Å². The number of nitrogens with two attached hydrogens (primary N) is 1. The number of fused-ring (bicyclic) bond motifs is 3. The van der Waals surface area contributed by atoms with Crippen LogP contribution < -0.4 is 35.6 Å². The third kappa shape index (κ3) is 5.60. The third-order valence-corrected chi connectivity index (χ3v) is 7.60. The number of aryl methyl sites for hydroxylation is 1. The molecule has 2 aliphatic rings. The second kappa shape index (κ2) is 10.5. The van der Waals surface area contributed by atoms with Crippen LogP contribution in [0.1, 0.15) is 71.0 Å². The molecule has 0 unspecified atom stereocenters. The van der Waals surface area contributed by atoms with Gasteiger partial charge in [-0.3, -0.25) is 9.59 Å². The summed E-state index contributed by atoms with van der Waals surface area (Å²) in [5, 5.41) is 9.06. The number of methoxy groups -OCH3 is 3. The number of ether oxygens (including phenoxy) is 3. The molecule has 1 heterocycles. The lowest BCUT2D eigenvalue weighted by atomic mass is 9.79. The zero-order valence-corrected chi connectivity index (χ0v) is 23.9. The zero-order chi connectivity index (χ0) is 27.8. The smallest absolute Gasteiger partial charge is 0.217 e. The average molecular weight is 525 g/mol. The summed E-state index contributed by atoms with van der Waals surface area (Å²) in [4.78, 5) is 25.8. The highest BCUT2D eigenvalue weighted by atomic mass is 16.5.